The van der Waals surface area contributed by atoms with E-state index in [1.54, 1.807) is 11.8 Å². The third-order valence-electron chi connectivity index (χ3n) is 3.95. The number of hydrogen-bond donors (Lipinski definition) is 0. The molecular weight excluding hydrogens is 264 g/mol. The van der Waals surface area contributed by atoms with Crippen LogP contribution in [0.1, 0.15) is 18.1 Å². The Bertz CT molecular complexity index is 693. The highest BCUT2D eigenvalue weighted by molar-refractivity contribution is 7.99. The first-order chi connectivity index (χ1) is 9.71. The predicted molar refractivity (Wildman–Crippen MR) is 78.2 cm³/mol. The second kappa shape index (κ2) is 4.71. The summed E-state index contributed by atoms with van der Waals surface area (Å²) in [6.45, 7) is 2.00. The molecular formula is C17H12N2S. The van der Waals surface area contributed by atoms with Gasteiger partial charge in [0.05, 0.1) is 12.1 Å². The van der Waals surface area contributed by atoms with Crippen LogP contribution >= 0.6 is 11.8 Å². The standard InChI is InChI=1S/C17H12N2S/c1-17(12(10-18)11-19)13-6-2-4-8-15(13)20-16-9-5-3-7-14(16)17/h2-9,12H,1H3. The Balaban J connectivity index is 2.34. The summed E-state index contributed by atoms with van der Waals surface area (Å²) in [6, 6.07) is 20.4. The molecule has 0 unspecified atom stereocenters. The highest BCUT2D eigenvalue weighted by Crippen LogP contribution is 2.51. The van der Waals surface area contributed by atoms with E-state index in [1.165, 1.54) is 0 Å². The lowest BCUT2D eigenvalue weighted by molar-refractivity contribution is 0.480. The van der Waals surface area contributed by atoms with Crippen LogP contribution in [-0.4, -0.2) is 0 Å². The van der Waals surface area contributed by atoms with Crippen LogP contribution in [0.25, 0.3) is 0 Å². The van der Waals surface area contributed by atoms with E-state index < -0.39 is 11.3 Å². The van der Waals surface area contributed by atoms with Crippen molar-refractivity contribution < 1.29 is 0 Å². The third kappa shape index (κ3) is 1.64. The summed E-state index contributed by atoms with van der Waals surface area (Å²) in [5, 5.41) is 18.8. The van der Waals surface area contributed by atoms with Crippen molar-refractivity contribution >= 4 is 11.8 Å². The minimum atomic E-state index is -0.703. The van der Waals surface area contributed by atoms with Gasteiger partial charge in [-0.1, -0.05) is 48.2 Å². The monoisotopic (exact) mass is 276 g/mol. The first-order valence-electron chi connectivity index (χ1n) is 6.38. The smallest absolute Gasteiger partial charge is 0.146 e. The maximum absolute atomic E-state index is 9.42. The number of nitrogens with zero attached hydrogens (tertiary/aromatic N) is 2. The molecule has 96 valence electrons. The molecule has 0 fully saturated rings. The van der Waals surface area contributed by atoms with Crippen LogP contribution in [0.3, 0.4) is 0 Å². The van der Waals surface area contributed by atoms with Crippen molar-refractivity contribution in [3.8, 4) is 12.1 Å². The van der Waals surface area contributed by atoms with Gasteiger partial charge in [-0.3, -0.25) is 0 Å². The summed E-state index contributed by atoms with van der Waals surface area (Å²) in [6.07, 6.45) is 0. The summed E-state index contributed by atoms with van der Waals surface area (Å²) < 4.78 is 0. The summed E-state index contributed by atoms with van der Waals surface area (Å²) in [5.74, 6) is -0.703. The Labute approximate surface area is 122 Å². The van der Waals surface area contributed by atoms with E-state index in [1.807, 2.05) is 43.3 Å². The minimum absolute atomic E-state index is 0.581. The lowest BCUT2D eigenvalue weighted by Crippen LogP contribution is -2.34. The van der Waals surface area contributed by atoms with Gasteiger partial charge in [-0.2, -0.15) is 10.5 Å². The average Bonchev–Trinajstić information content (AvgIpc) is 2.49. The molecule has 2 aromatic carbocycles. The van der Waals surface area contributed by atoms with Crippen molar-refractivity contribution in [2.24, 2.45) is 5.92 Å². The first kappa shape index (κ1) is 12.8. The van der Waals surface area contributed by atoms with Gasteiger partial charge >= 0.3 is 0 Å². The highest BCUT2D eigenvalue weighted by Gasteiger charge is 2.43. The van der Waals surface area contributed by atoms with E-state index in [0.29, 0.717) is 0 Å². The SMILES string of the molecule is CC1(C(C#N)C#N)c2ccccc2Sc2ccccc21. The molecule has 1 heterocycles. The van der Waals surface area contributed by atoms with E-state index in [0.717, 1.165) is 20.9 Å². The fourth-order valence-corrected chi connectivity index (χ4v) is 4.14. The van der Waals surface area contributed by atoms with Crippen LogP contribution < -0.4 is 0 Å². The zero-order valence-electron chi connectivity index (χ0n) is 11.0. The molecule has 0 atom stereocenters. The van der Waals surface area contributed by atoms with Gasteiger partial charge in [0, 0.05) is 15.2 Å². The number of hydrogen-bond acceptors (Lipinski definition) is 3. The third-order valence-corrected chi connectivity index (χ3v) is 5.10. The van der Waals surface area contributed by atoms with Gasteiger partial charge in [0.15, 0.2) is 0 Å². The quantitative estimate of drug-likeness (QED) is 0.787. The minimum Gasteiger partial charge on any atom is -0.197 e. The largest absolute Gasteiger partial charge is 0.197 e. The van der Waals surface area contributed by atoms with Crippen LogP contribution in [-0.2, 0) is 5.41 Å². The van der Waals surface area contributed by atoms with Gasteiger partial charge in [0.1, 0.15) is 5.92 Å². The first-order valence-corrected chi connectivity index (χ1v) is 7.19. The number of fused-ring (bicyclic) bond motifs is 2. The Kier molecular flexibility index (Phi) is 3.01. The molecule has 20 heavy (non-hydrogen) atoms. The molecule has 0 bridgehead atoms. The molecule has 0 aliphatic carbocycles. The zero-order valence-corrected chi connectivity index (χ0v) is 11.8. The summed E-state index contributed by atoms with van der Waals surface area (Å²) in [4.78, 5) is 2.26. The molecule has 2 aromatic rings. The molecule has 0 saturated heterocycles. The average molecular weight is 276 g/mol. The Morgan fingerprint density at radius 1 is 0.900 bits per heavy atom. The van der Waals surface area contributed by atoms with Crippen molar-refractivity contribution in [1.29, 1.82) is 10.5 Å². The van der Waals surface area contributed by atoms with E-state index in [-0.39, 0.29) is 0 Å². The number of nitriles is 2. The molecule has 0 radical (unpaired) electrons. The molecule has 3 rings (SSSR count). The van der Waals surface area contributed by atoms with Crippen LogP contribution in [0.2, 0.25) is 0 Å². The van der Waals surface area contributed by atoms with Gasteiger partial charge in [-0.15, -0.1) is 0 Å². The molecule has 0 amide bonds. The maximum Gasteiger partial charge on any atom is 0.146 e. The summed E-state index contributed by atoms with van der Waals surface area (Å²) in [5.41, 5.74) is 1.55. The number of rotatable bonds is 1. The molecule has 2 nitrogen and oxygen atoms in total. The zero-order chi connectivity index (χ0) is 14.2. The van der Waals surface area contributed by atoms with Gasteiger partial charge < -0.3 is 0 Å². The number of benzene rings is 2. The fraction of sp³-hybridized carbons (Fsp3) is 0.176. The molecule has 0 aromatic heterocycles. The van der Waals surface area contributed by atoms with Crippen molar-refractivity contribution in [3.63, 3.8) is 0 Å². The van der Waals surface area contributed by atoms with Gasteiger partial charge in [0.2, 0.25) is 0 Å². The second-order valence-corrected chi connectivity index (χ2v) is 6.07. The van der Waals surface area contributed by atoms with Crippen LogP contribution in [0.4, 0.5) is 0 Å². The maximum atomic E-state index is 9.42. The van der Waals surface area contributed by atoms with E-state index in [2.05, 4.69) is 24.3 Å². The topological polar surface area (TPSA) is 47.6 Å². The Hall–Kier alpha value is -2.23. The molecule has 0 N–H and O–H groups in total. The fourth-order valence-electron chi connectivity index (χ4n) is 2.83. The molecule has 1 aliphatic rings. The van der Waals surface area contributed by atoms with Gasteiger partial charge in [0.25, 0.3) is 0 Å². The Morgan fingerprint density at radius 2 is 1.35 bits per heavy atom. The van der Waals surface area contributed by atoms with Crippen molar-refractivity contribution in [3.05, 3.63) is 59.7 Å². The normalized spacial score (nSPS) is 14.8. The van der Waals surface area contributed by atoms with Crippen molar-refractivity contribution in [2.75, 3.05) is 0 Å². The highest BCUT2D eigenvalue weighted by atomic mass is 32.2. The second-order valence-electron chi connectivity index (χ2n) is 4.99. The predicted octanol–water partition coefficient (Wildman–Crippen LogP) is 4.12. The molecule has 0 saturated carbocycles. The lowest BCUT2D eigenvalue weighted by Gasteiger charge is -2.38. The molecule has 0 spiro atoms. The van der Waals surface area contributed by atoms with Crippen LogP contribution in [0.15, 0.2) is 58.3 Å². The summed E-state index contributed by atoms with van der Waals surface area (Å²) in [7, 11) is 0. The van der Waals surface area contributed by atoms with Crippen molar-refractivity contribution in [2.45, 2.75) is 22.1 Å². The summed E-state index contributed by atoms with van der Waals surface area (Å²) >= 11 is 1.70. The van der Waals surface area contributed by atoms with E-state index in [9.17, 15) is 10.5 Å². The van der Waals surface area contributed by atoms with Crippen molar-refractivity contribution in [1.82, 2.24) is 0 Å². The molecule has 1 aliphatic heterocycles. The van der Waals surface area contributed by atoms with Gasteiger partial charge in [-0.25, -0.2) is 0 Å². The molecule has 3 heteroatoms. The van der Waals surface area contributed by atoms with E-state index in [4.69, 9.17) is 0 Å². The van der Waals surface area contributed by atoms with Crippen LogP contribution in [0.5, 0.6) is 0 Å². The van der Waals surface area contributed by atoms with Gasteiger partial charge in [-0.05, 0) is 30.2 Å². The lowest BCUT2D eigenvalue weighted by atomic mass is 9.68. The van der Waals surface area contributed by atoms with E-state index >= 15 is 0 Å². The Morgan fingerprint density at radius 3 is 1.80 bits per heavy atom. The van der Waals surface area contributed by atoms with Crippen LogP contribution in [0, 0.1) is 28.6 Å².